The smallest absolute Gasteiger partial charge is 0.338 e. The number of benzene rings is 3. The van der Waals surface area contributed by atoms with Crippen molar-refractivity contribution in [2.45, 2.75) is 24.5 Å². The van der Waals surface area contributed by atoms with Crippen LogP contribution in [0.4, 0.5) is 0 Å². The highest BCUT2D eigenvalue weighted by molar-refractivity contribution is 6.33. The molecule has 3 heterocycles. The van der Waals surface area contributed by atoms with E-state index in [1.54, 1.807) is 97.1 Å². The fourth-order valence-electron chi connectivity index (χ4n) is 4.68. The first-order valence-electron chi connectivity index (χ1n) is 13.2. The van der Waals surface area contributed by atoms with Crippen LogP contribution in [-0.4, -0.2) is 62.8 Å². The van der Waals surface area contributed by atoms with Crippen molar-refractivity contribution in [3.05, 3.63) is 125 Å². The lowest BCUT2D eigenvalue weighted by molar-refractivity contribution is -0.0659. The van der Waals surface area contributed by atoms with Crippen LogP contribution in [0.3, 0.4) is 0 Å². The minimum atomic E-state index is -1.26. The van der Waals surface area contributed by atoms with Crippen molar-refractivity contribution in [1.29, 1.82) is 0 Å². The molecule has 0 aliphatic carbocycles. The molecule has 0 radical (unpaired) electrons. The molecule has 0 unspecified atom stereocenters. The predicted octanol–water partition coefficient (Wildman–Crippen LogP) is 4.69. The maximum Gasteiger partial charge on any atom is 0.338 e. The largest absolute Gasteiger partial charge is 0.459 e. The second kappa shape index (κ2) is 12.4. The van der Waals surface area contributed by atoms with Gasteiger partial charge in [0.15, 0.2) is 23.6 Å². The standard InChI is InChI=1S/C31H23ClN4O7/c32-27-24-22(16-17-33-27)34-35-36(24)28-26(43-31(39)21-14-8-3-9-15-21)25(42-30(38)20-12-6-2-7-13-20)23(41-28)18-40-29(37)19-10-4-1-5-11-19/h1-17,23,25-26,28H,18H2/t23-,25-,26-,28-/m1/s1. The number of pyridine rings is 1. The predicted molar refractivity (Wildman–Crippen MR) is 152 cm³/mol. The molecule has 3 aromatic carbocycles. The Bertz CT molecular complexity index is 1750. The van der Waals surface area contributed by atoms with Crippen LogP contribution in [0.2, 0.25) is 5.15 Å². The van der Waals surface area contributed by atoms with Crippen molar-refractivity contribution in [2.24, 2.45) is 0 Å². The van der Waals surface area contributed by atoms with Gasteiger partial charge in [-0.25, -0.2) is 24.0 Å². The number of hydrogen-bond donors (Lipinski definition) is 0. The Labute approximate surface area is 249 Å². The Balaban J connectivity index is 1.38. The maximum absolute atomic E-state index is 13.3. The van der Waals surface area contributed by atoms with E-state index in [0.29, 0.717) is 16.6 Å². The Morgan fingerprint density at radius 1 is 0.744 bits per heavy atom. The van der Waals surface area contributed by atoms with Crippen molar-refractivity contribution in [2.75, 3.05) is 6.61 Å². The number of aromatic nitrogens is 4. The average Bonchev–Trinajstić information content (AvgIpc) is 3.63. The van der Waals surface area contributed by atoms with Gasteiger partial charge in [0.2, 0.25) is 0 Å². The van der Waals surface area contributed by atoms with E-state index < -0.39 is 42.4 Å². The average molecular weight is 599 g/mol. The lowest BCUT2D eigenvalue weighted by Gasteiger charge is -2.24. The Hall–Kier alpha value is -5.13. The highest BCUT2D eigenvalue weighted by Gasteiger charge is 2.52. The van der Waals surface area contributed by atoms with E-state index >= 15 is 0 Å². The Morgan fingerprint density at radius 3 is 1.86 bits per heavy atom. The Morgan fingerprint density at radius 2 is 1.28 bits per heavy atom. The van der Waals surface area contributed by atoms with Crippen LogP contribution in [0, 0.1) is 0 Å². The normalized spacial score (nSPS) is 19.6. The second-order valence-electron chi connectivity index (χ2n) is 9.50. The van der Waals surface area contributed by atoms with Crippen LogP contribution < -0.4 is 0 Å². The van der Waals surface area contributed by atoms with Crippen LogP contribution >= 0.6 is 11.6 Å². The zero-order valence-electron chi connectivity index (χ0n) is 22.4. The van der Waals surface area contributed by atoms with Gasteiger partial charge in [0, 0.05) is 6.20 Å². The summed E-state index contributed by atoms with van der Waals surface area (Å²) in [5.74, 6) is -2.01. The summed E-state index contributed by atoms with van der Waals surface area (Å²) in [6, 6.07) is 26.6. The van der Waals surface area contributed by atoms with Crippen molar-refractivity contribution in [3.63, 3.8) is 0 Å². The van der Waals surface area contributed by atoms with Gasteiger partial charge in [0.25, 0.3) is 0 Å². The van der Waals surface area contributed by atoms with E-state index in [9.17, 15) is 14.4 Å². The third-order valence-corrected chi connectivity index (χ3v) is 7.03. The van der Waals surface area contributed by atoms with Crippen LogP contribution in [0.15, 0.2) is 103 Å². The first-order valence-corrected chi connectivity index (χ1v) is 13.6. The molecule has 12 heteroatoms. The molecule has 0 N–H and O–H groups in total. The molecule has 1 fully saturated rings. The van der Waals surface area contributed by atoms with Gasteiger partial charge in [-0.2, -0.15) is 0 Å². The fourth-order valence-corrected chi connectivity index (χ4v) is 4.92. The summed E-state index contributed by atoms with van der Waals surface area (Å²) < 4.78 is 25.1. The number of rotatable bonds is 8. The van der Waals surface area contributed by atoms with Gasteiger partial charge in [0.1, 0.15) is 23.7 Å². The van der Waals surface area contributed by atoms with Crippen LogP contribution in [0.25, 0.3) is 11.0 Å². The molecule has 216 valence electrons. The molecule has 0 spiro atoms. The highest BCUT2D eigenvalue weighted by atomic mass is 35.5. The maximum atomic E-state index is 13.3. The molecule has 6 rings (SSSR count). The SMILES string of the molecule is O=C(OC[C@H]1O[C@@H](n2nnc3ccnc(Cl)c32)[C@H](OC(=O)c2ccccc2)[C@@H]1OC(=O)c1ccccc1)c1ccccc1. The summed E-state index contributed by atoms with van der Waals surface area (Å²) in [4.78, 5) is 43.5. The number of hydrogen-bond acceptors (Lipinski definition) is 10. The van der Waals surface area contributed by atoms with Crippen molar-refractivity contribution < 1.29 is 33.3 Å². The number of halogens is 1. The van der Waals surface area contributed by atoms with E-state index in [2.05, 4.69) is 15.3 Å². The monoisotopic (exact) mass is 598 g/mol. The summed E-state index contributed by atoms with van der Waals surface area (Å²) in [5, 5.41) is 8.42. The molecule has 4 atom stereocenters. The second-order valence-corrected chi connectivity index (χ2v) is 9.86. The number of carbonyl (C=O) groups is 3. The van der Waals surface area contributed by atoms with Crippen LogP contribution in [0.5, 0.6) is 0 Å². The van der Waals surface area contributed by atoms with Crippen molar-refractivity contribution in [1.82, 2.24) is 20.0 Å². The number of carbonyl (C=O) groups excluding carboxylic acids is 3. The molecule has 1 aliphatic heterocycles. The first-order chi connectivity index (χ1) is 21.0. The van der Waals surface area contributed by atoms with Crippen LogP contribution in [0.1, 0.15) is 37.3 Å². The van der Waals surface area contributed by atoms with Crippen molar-refractivity contribution in [3.8, 4) is 0 Å². The van der Waals surface area contributed by atoms with E-state index in [1.165, 1.54) is 10.9 Å². The Kier molecular flexibility index (Phi) is 8.07. The summed E-state index contributed by atoms with van der Waals surface area (Å²) in [7, 11) is 0. The third-order valence-electron chi connectivity index (χ3n) is 6.76. The molecule has 2 aromatic heterocycles. The molecule has 0 amide bonds. The van der Waals surface area contributed by atoms with Gasteiger partial charge < -0.3 is 18.9 Å². The van der Waals surface area contributed by atoms with Gasteiger partial charge in [-0.1, -0.05) is 71.4 Å². The minimum Gasteiger partial charge on any atom is -0.459 e. The number of fused-ring (bicyclic) bond motifs is 1. The summed E-state index contributed by atoms with van der Waals surface area (Å²) in [5.41, 5.74) is 1.56. The minimum absolute atomic E-state index is 0.0796. The van der Waals surface area contributed by atoms with Crippen LogP contribution in [-0.2, 0) is 18.9 Å². The number of ether oxygens (including phenoxy) is 4. The molecular weight excluding hydrogens is 576 g/mol. The topological polar surface area (TPSA) is 132 Å². The number of nitrogens with zero attached hydrogens (tertiary/aromatic N) is 4. The van der Waals surface area contributed by atoms with E-state index in [4.69, 9.17) is 30.5 Å². The van der Waals surface area contributed by atoms with E-state index in [1.807, 2.05) is 0 Å². The zero-order valence-corrected chi connectivity index (χ0v) is 23.1. The molecule has 5 aromatic rings. The van der Waals surface area contributed by atoms with Gasteiger partial charge in [0.05, 0.1) is 16.7 Å². The molecule has 0 saturated carbocycles. The lowest BCUT2D eigenvalue weighted by atomic mass is 10.1. The molecule has 0 bridgehead atoms. The van der Waals surface area contributed by atoms with E-state index in [0.717, 1.165) is 0 Å². The number of esters is 3. The molecule has 1 aliphatic rings. The summed E-state index contributed by atoms with van der Waals surface area (Å²) in [6.07, 6.45) is -3.28. The molecule has 11 nitrogen and oxygen atoms in total. The van der Waals surface area contributed by atoms with Crippen molar-refractivity contribution >= 4 is 40.5 Å². The third kappa shape index (κ3) is 5.94. The fraction of sp³-hybridized carbons (Fsp3) is 0.161. The molecule has 1 saturated heterocycles. The van der Waals surface area contributed by atoms with Gasteiger partial charge in [-0.05, 0) is 42.5 Å². The van der Waals surface area contributed by atoms with Gasteiger partial charge in [-0.3, -0.25) is 0 Å². The summed E-state index contributed by atoms with van der Waals surface area (Å²) >= 11 is 6.41. The first kappa shape index (κ1) is 28.0. The quantitative estimate of drug-likeness (QED) is 0.141. The van der Waals surface area contributed by atoms with E-state index in [-0.39, 0.29) is 22.9 Å². The zero-order chi connectivity index (χ0) is 29.8. The summed E-state index contributed by atoms with van der Waals surface area (Å²) in [6.45, 7) is -0.338. The molecule has 43 heavy (non-hydrogen) atoms. The highest BCUT2D eigenvalue weighted by Crippen LogP contribution is 2.37. The lowest BCUT2D eigenvalue weighted by Crippen LogP contribution is -2.41. The van der Waals surface area contributed by atoms with Gasteiger partial charge >= 0.3 is 17.9 Å². The van der Waals surface area contributed by atoms with Gasteiger partial charge in [-0.15, -0.1) is 5.10 Å². The molecular formula is C31H23ClN4O7.